The van der Waals surface area contributed by atoms with E-state index in [1.807, 2.05) is 13.2 Å². The molecule has 24 heavy (non-hydrogen) atoms. The summed E-state index contributed by atoms with van der Waals surface area (Å²) in [4.78, 5) is 2.28. The van der Waals surface area contributed by atoms with Gasteiger partial charge < -0.3 is 10.1 Å². The molecule has 1 N–H and O–H groups in total. The summed E-state index contributed by atoms with van der Waals surface area (Å²) in [5.74, 6) is 0. The van der Waals surface area contributed by atoms with Gasteiger partial charge in [-0.2, -0.15) is 5.10 Å². The summed E-state index contributed by atoms with van der Waals surface area (Å²) in [6, 6.07) is 2.69. The van der Waals surface area contributed by atoms with Crippen molar-refractivity contribution in [3.8, 4) is 0 Å². The van der Waals surface area contributed by atoms with Crippen molar-refractivity contribution in [2.24, 2.45) is 5.41 Å². The van der Waals surface area contributed by atoms with E-state index in [9.17, 15) is 0 Å². The molecule has 138 valence electrons. The molecule has 1 aliphatic carbocycles. The zero-order valence-corrected chi connectivity index (χ0v) is 16.4. The molecule has 2 heterocycles. The largest absolute Gasteiger partial charge is 0.374 e. The van der Waals surface area contributed by atoms with Crippen molar-refractivity contribution in [2.75, 3.05) is 27.4 Å². The van der Waals surface area contributed by atoms with Crippen molar-refractivity contribution >= 4 is 12.4 Å². The Labute approximate surface area is 152 Å². The van der Waals surface area contributed by atoms with E-state index in [2.05, 4.69) is 47.0 Å². The first-order valence-electron chi connectivity index (χ1n) is 8.93. The van der Waals surface area contributed by atoms with Crippen LogP contribution < -0.4 is 5.32 Å². The number of hydrogen-bond donors (Lipinski definition) is 1. The first kappa shape index (κ1) is 19.7. The van der Waals surface area contributed by atoms with Gasteiger partial charge in [0.05, 0.1) is 23.9 Å². The highest BCUT2D eigenvalue weighted by Gasteiger charge is 2.46. The van der Waals surface area contributed by atoms with Crippen molar-refractivity contribution in [2.45, 2.75) is 64.1 Å². The smallest absolute Gasteiger partial charge is 0.0690 e. The lowest BCUT2D eigenvalue weighted by Gasteiger charge is -2.37. The Morgan fingerprint density at radius 2 is 2.08 bits per heavy atom. The Morgan fingerprint density at radius 1 is 1.38 bits per heavy atom. The standard InChI is InChI=1S/C18H32N4O.ClH/c1-17(2)12-18(23-13-17)8-5-15(6-9-18)22-16(7-10-20-22)11-21(4)14-19-3;/h7,10,15,19H,5-6,8-9,11-14H2,1-4H3;1H/t15-,18-;. The molecule has 2 aliphatic rings. The number of rotatable bonds is 5. The minimum absolute atomic E-state index is 0. The predicted molar refractivity (Wildman–Crippen MR) is 99.5 cm³/mol. The fourth-order valence-electron chi connectivity index (χ4n) is 4.42. The third kappa shape index (κ3) is 4.31. The predicted octanol–water partition coefficient (Wildman–Crippen LogP) is 3.21. The van der Waals surface area contributed by atoms with E-state index in [-0.39, 0.29) is 18.0 Å². The summed E-state index contributed by atoms with van der Waals surface area (Å²) in [6.07, 6.45) is 7.87. The normalized spacial score (nSPS) is 29.1. The van der Waals surface area contributed by atoms with Gasteiger partial charge >= 0.3 is 0 Å². The maximum Gasteiger partial charge on any atom is 0.0690 e. The van der Waals surface area contributed by atoms with Crippen LogP contribution in [0.3, 0.4) is 0 Å². The van der Waals surface area contributed by atoms with Gasteiger partial charge in [0.25, 0.3) is 0 Å². The first-order valence-corrected chi connectivity index (χ1v) is 8.93. The molecule has 0 atom stereocenters. The molecule has 6 heteroatoms. The van der Waals surface area contributed by atoms with E-state index in [1.54, 1.807) is 0 Å². The molecular formula is C18H33ClN4O. The topological polar surface area (TPSA) is 42.3 Å². The molecule has 1 aromatic heterocycles. The van der Waals surface area contributed by atoms with Gasteiger partial charge in [-0.15, -0.1) is 12.4 Å². The van der Waals surface area contributed by atoms with Crippen LogP contribution in [0.2, 0.25) is 0 Å². The molecule has 1 saturated carbocycles. The Hall–Kier alpha value is -0.620. The van der Waals surface area contributed by atoms with Gasteiger partial charge in [-0.1, -0.05) is 13.8 Å². The maximum absolute atomic E-state index is 6.24. The molecule has 0 bridgehead atoms. The van der Waals surface area contributed by atoms with Crippen LogP contribution in [0.1, 0.15) is 57.7 Å². The van der Waals surface area contributed by atoms with E-state index in [1.165, 1.54) is 37.8 Å². The van der Waals surface area contributed by atoms with Gasteiger partial charge in [0, 0.05) is 19.4 Å². The van der Waals surface area contributed by atoms with Crippen LogP contribution in [0.4, 0.5) is 0 Å². The molecule has 2 fully saturated rings. The van der Waals surface area contributed by atoms with Crippen molar-refractivity contribution in [1.82, 2.24) is 20.0 Å². The van der Waals surface area contributed by atoms with Gasteiger partial charge in [-0.05, 0) is 57.7 Å². The van der Waals surface area contributed by atoms with Gasteiger partial charge in [0.2, 0.25) is 0 Å². The zero-order valence-electron chi connectivity index (χ0n) is 15.5. The lowest BCUT2D eigenvalue weighted by molar-refractivity contribution is -0.0354. The van der Waals surface area contributed by atoms with Crippen LogP contribution in [0, 0.1) is 5.41 Å². The molecule has 1 saturated heterocycles. The van der Waals surface area contributed by atoms with Crippen molar-refractivity contribution in [3.05, 3.63) is 18.0 Å². The highest BCUT2D eigenvalue weighted by molar-refractivity contribution is 5.85. The fourth-order valence-corrected chi connectivity index (χ4v) is 4.42. The molecule has 1 spiro atoms. The highest BCUT2D eigenvalue weighted by atomic mass is 35.5. The minimum Gasteiger partial charge on any atom is -0.374 e. The maximum atomic E-state index is 6.24. The summed E-state index contributed by atoms with van der Waals surface area (Å²) in [5.41, 5.74) is 1.81. The molecular weight excluding hydrogens is 324 g/mol. The van der Waals surface area contributed by atoms with Gasteiger partial charge in [-0.25, -0.2) is 0 Å². The highest BCUT2D eigenvalue weighted by Crippen LogP contribution is 2.48. The molecule has 0 unspecified atom stereocenters. The minimum atomic E-state index is 0. The van der Waals surface area contributed by atoms with Crippen LogP contribution in [0.25, 0.3) is 0 Å². The van der Waals surface area contributed by atoms with E-state index in [0.29, 0.717) is 11.5 Å². The second kappa shape index (κ2) is 7.73. The summed E-state index contributed by atoms with van der Waals surface area (Å²) < 4.78 is 8.51. The summed E-state index contributed by atoms with van der Waals surface area (Å²) >= 11 is 0. The second-order valence-electron chi connectivity index (χ2n) is 8.34. The Kier molecular flexibility index (Phi) is 6.35. The van der Waals surface area contributed by atoms with Gasteiger partial charge in [-0.3, -0.25) is 9.58 Å². The van der Waals surface area contributed by atoms with Crippen LogP contribution in [-0.4, -0.2) is 47.7 Å². The van der Waals surface area contributed by atoms with Crippen LogP contribution in [0.5, 0.6) is 0 Å². The Balaban J connectivity index is 0.00000208. The molecule has 0 amide bonds. The first-order chi connectivity index (χ1) is 10.9. The third-order valence-corrected chi connectivity index (χ3v) is 5.39. The SMILES string of the molecule is CNCN(C)Cc1ccnn1[C@H]1CC[C@]2(CC1)CC(C)(C)CO2.Cl. The van der Waals surface area contributed by atoms with Crippen molar-refractivity contribution in [3.63, 3.8) is 0 Å². The molecule has 3 rings (SSSR count). The average molecular weight is 357 g/mol. The van der Waals surface area contributed by atoms with E-state index in [4.69, 9.17) is 4.74 Å². The number of halogens is 1. The lowest BCUT2D eigenvalue weighted by atomic mass is 9.75. The second-order valence-corrected chi connectivity index (χ2v) is 8.34. The fraction of sp³-hybridized carbons (Fsp3) is 0.833. The number of ether oxygens (including phenoxy) is 1. The number of nitrogens with zero attached hydrogens (tertiary/aromatic N) is 3. The molecule has 1 aromatic rings. The van der Waals surface area contributed by atoms with Crippen molar-refractivity contribution in [1.29, 1.82) is 0 Å². The lowest BCUT2D eigenvalue weighted by Crippen LogP contribution is -2.36. The van der Waals surface area contributed by atoms with Crippen molar-refractivity contribution < 1.29 is 4.74 Å². The van der Waals surface area contributed by atoms with E-state index < -0.39 is 0 Å². The number of aromatic nitrogens is 2. The Bertz CT molecular complexity index is 523. The molecule has 0 aromatic carbocycles. The van der Waals surface area contributed by atoms with Crippen LogP contribution >= 0.6 is 12.4 Å². The number of hydrogen-bond acceptors (Lipinski definition) is 4. The van der Waals surface area contributed by atoms with Gasteiger partial charge in [0.15, 0.2) is 0 Å². The van der Waals surface area contributed by atoms with E-state index in [0.717, 1.165) is 19.8 Å². The molecule has 0 radical (unpaired) electrons. The molecule has 5 nitrogen and oxygen atoms in total. The van der Waals surface area contributed by atoms with Gasteiger partial charge in [0.1, 0.15) is 0 Å². The summed E-state index contributed by atoms with van der Waals surface area (Å²) in [7, 11) is 4.12. The zero-order chi connectivity index (χ0) is 16.5. The molecule has 1 aliphatic heterocycles. The Morgan fingerprint density at radius 3 is 2.67 bits per heavy atom. The summed E-state index contributed by atoms with van der Waals surface area (Å²) in [5, 5.41) is 7.82. The summed E-state index contributed by atoms with van der Waals surface area (Å²) in [6.45, 7) is 7.40. The number of nitrogens with one attached hydrogen (secondary N) is 1. The average Bonchev–Trinajstić information content (AvgIpc) is 3.05. The van der Waals surface area contributed by atoms with Crippen LogP contribution in [-0.2, 0) is 11.3 Å². The monoisotopic (exact) mass is 356 g/mol. The van der Waals surface area contributed by atoms with Crippen LogP contribution in [0.15, 0.2) is 12.3 Å². The quantitative estimate of drug-likeness (QED) is 0.822. The third-order valence-electron chi connectivity index (χ3n) is 5.39. The van der Waals surface area contributed by atoms with E-state index >= 15 is 0 Å².